The van der Waals surface area contributed by atoms with Crippen LogP contribution in [0.1, 0.15) is 31.0 Å². The molecule has 0 unspecified atom stereocenters. The highest BCUT2D eigenvalue weighted by Crippen LogP contribution is 2.36. The first-order chi connectivity index (χ1) is 9.31. The van der Waals surface area contributed by atoms with Crippen LogP contribution in [0.2, 0.25) is 0 Å². The van der Waals surface area contributed by atoms with Crippen LogP contribution >= 0.6 is 0 Å². The van der Waals surface area contributed by atoms with Crippen molar-refractivity contribution in [2.75, 3.05) is 19.7 Å². The second kappa shape index (κ2) is 5.55. The number of fused-ring (bicyclic) bond motifs is 2. The highest BCUT2D eigenvalue weighted by Gasteiger charge is 2.38. The Bertz CT molecular complexity index is 437. The van der Waals surface area contributed by atoms with E-state index in [0.717, 1.165) is 32.4 Å². The van der Waals surface area contributed by atoms with Gasteiger partial charge in [-0.05, 0) is 49.6 Å². The van der Waals surface area contributed by atoms with Gasteiger partial charge in [0.25, 0.3) is 0 Å². The van der Waals surface area contributed by atoms with E-state index in [0.29, 0.717) is 24.5 Å². The van der Waals surface area contributed by atoms with E-state index >= 15 is 0 Å². The zero-order chi connectivity index (χ0) is 13.2. The molecule has 0 spiro atoms. The molecule has 2 heterocycles. The van der Waals surface area contributed by atoms with E-state index in [1.165, 1.54) is 17.7 Å². The van der Waals surface area contributed by atoms with Crippen molar-refractivity contribution in [2.45, 2.75) is 38.6 Å². The largest absolute Gasteiger partial charge is 0.396 e. The Morgan fingerprint density at radius 2 is 2.32 bits per heavy atom. The summed E-state index contributed by atoms with van der Waals surface area (Å²) in [6.45, 7) is 4.74. The molecular weight excluding hydrogens is 238 g/mol. The molecule has 2 aliphatic rings. The molecule has 1 aliphatic heterocycles. The molecule has 0 bridgehead atoms. The molecule has 0 aromatic carbocycles. The maximum absolute atomic E-state index is 9.51. The summed E-state index contributed by atoms with van der Waals surface area (Å²) in [4.78, 5) is 11.2. The van der Waals surface area contributed by atoms with E-state index in [1.54, 1.807) is 6.33 Å². The van der Waals surface area contributed by atoms with Crippen LogP contribution in [0.4, 0.5) is 0 Å². The van der Waals surface area contributed by atoms with E-state index in [9.17, 15) is 5.11 Å². The first kappa shape index (κ1) is 13.0. The smallest absolute Gasteiger partial charge is 0.115 e. The zero-order valence-electron chi connectivity index (χ0n) is 11.6. The molecule has 1 N–H and O–H groups in total. The maximum atomic E-state index is 9.51. The lowest BCUT2D eigenvalue weighted by Crippen LogP contribution is -2.53. The summed E-state index contributed by atoms with van der Waals surface area (Å²) in [7, 11) is 0. The molecule has 1 fully saturated rings. The van der Waals surface area contributed by atoms with E-state index in [2.05, 4.69) is 21.8 Å². The summed E-state index contributed by atoms with van der Waals surface area (Å²) in [6.07, 6.45) is 8.11. The van der Waals surface area contributed by atoms with E-state index in [-0.39, 0.29) is 0 Å². The summed E-state index contributed by atoms with van der Waals surface area (Å²) in [6, 6.07) is 0.626. The summed E-state index contributed by atoms with van der Waals surface area (Å²) < 4.78 is 0. The number of hydrogen-bond donors (Lipinski definition) is 1. The van der Waals surface area contributed by atoms with Crippen molar-refractivity contribution in [2.24, 2.45) is 11.8 Å². The number of nitrogens with zero attached hydrogens (tertiary/aromatic N) is 3. The Kier molecular flexibility index (Phi) is 3.80. The molecule has 4 nitrogen and oxygen atoms in total. The van der Waals surface area contributed by atoms with Crippen LogP contribution in [0, 0.1) is 11.8 Å². The quantitative estimate of drug-likeness (QED) is 0.890. The lowest BCUT2D eigenvalue weighted by Gasteiger charge is -2.47. The number of piperidine rings is 1. The molecule has 1 saturated heterocycles. The lowest BCUT2D eigenvalue weighted by atomic mass is 9.74. The molecular formula is C15H23N3O. The predicted octanol–water partition coefficient (Wildman–Crippen LogP) is 1.28. The van der Waals surface area contributed by atoms with Crippen molar-refractivity contribution in [1.82, 2.24) is 14.9 Å². The minimum absolute atomic E-state index is 0.320. The first-order valence-electron chi connectivity index (χ1n) is 7.44. The topological polar surface area (TPSA) is 49.2 Å². The number of aliphatic hydroxyl groups excluding tert-OH is 1. The fraction of sp³-hybridized carbons (Fsp3) is 0.733. The number of rotatable bonds is 3. The average Bonchev–Trinajstić information content (AvgIpc) is 2.45. The van der Waals surface area contributed by atoms with Gasteiger partial charge in [0.15, 0.2) is 0 Å². The standard InChI is InChI=1S/C15H23N3O/c1-2-3-18-8-11(9-19)4-12-5-14-13(6-15(12)18)7-16-10-17-14/h7,10-12,15,19H,2-6,8-9H2,1H3/t11-,12-,15-/m0/s1. The summed E-state index contributed by atoms with van der Waals surface area (Å²) in [5.74, 6) is 1.09. The normalized spacial score (nSPS) is 30.7. The van der Waals surface area contributed by atoms with Crippen molar-refractivity contribution >= 4 is 0 Å². The van der Waals surface area contributed by atoms with Crippen molar-refractivity contribution in [3.63, 3.8) is 0 Å². The Balaban J connectivity index is 1.84. The van der Waals surface area contributed by atoms with Gasteiger partial charge in [-0.25, -0.2) is 9.97 Å². The Morgan fingerprint density at radius 1 is 1.42 bits per heavy atom. The van der Waals surface area contributed by atoms with Gasteiger partial charge in [-0.2, -0.15) is 0 Å². The van der Waals surface area contributed by atoms with Gasteiger partial charge in [-0.1, -0.05) is 6.92 Å². The minimum atomic E-state index is 0.320. The molecule has 0 radical (unpaired) electrons. The lowest BCUT2D eigenvalue weighted by molar-refractivity contribution is 0.0267. The van der Waals surface area contributed by atoms with Gasteiger partial charge in [0.1, 0.15) is 6.33 Å². The molecule has 1 aliphatic carbocycles. The van der Waals surface area contributed by atoms with Crippen molar-refractivity contribution in [3.8, 4) is 0 Å². The van der Waals surface area contributed by atoms with Gasteiger partial charge in [0, 0.05) is 31.1 Å². The fourth-order valence-electron chi connectivity index (χ4n) is 3.83. The van der Waals surface area contributed by atoms with Crippen LogP contribution in [0.5, 0.6) is 0 Å². The summed E-state index contributed by atoms with van der Waals surface area (Å²) in [5.41, 5.74) is 2.55. The Hall–Kier alpha value is -1.00. The molecule has 0 saturated carbocycles. The summed E-state index contributed by atoms with van der Waals surface area (Å²) in [5, 5.41) is 9.51. The minimum Gasteiger partial charge on any atom is -0.396 e. The van der Waals surface area contributed by atoms with E-state index < -0.39 is 0 Å². The van der Waals surface area contributed by atoms with Crippen LogP contribution in [-0.4, -0.2) is 45.7 Å². The Morgan fingerprint density at radius 3 is 3.11 bits per heavy atom. The molecule has 0 amide bonds. The second-order valence-electron chi connectivity index (χ2n) is 6.01. The van der Waals surface area contributed by atoms with Crippen molar-refractivity contribution in [3.05, 3.63) is 23.8 Å². The van der Waals surface area contributed by atoms with Gasteiger partial charge in [0.05, 0.1) is 0 Å². The van der Waals surface area contributed by atoms with Gasteiger partial charge in [-0.3, -0.25) is 4.90 Å². The first-order valence-corrected chi connectivity index (χ1v) is 7.44. The van der Waals surface area contributed by atoms with Crippen LogP contribution in [0.3, 0.4) is 0 Å². The SMILES string of the molecule is CCCN1C[C@@H](CO)C[C@H]2Cc3ncncc3C[C@@H]21. The van der Waals surface area contributed by atoms with E-state index in [1.807, 2.05) is 6.20 Å². The average molecular weight is 261 g/mol. The van der Waals surface area contributed by atoms with E-state index in [4.69, 9.17) is 0 Å². The highest BCUT2D eigenvalue weighted by atomic mass is 16.3. The van der Waals surface area contributed by atoms with Gasteiger partial charge in [-0.15, -0.1) is 0 Å². The monoisotopic (exact) mass is 261 g/mol. The number of likely N-dealkylation sites (tertiary alicyclic amines) is 1. The summed E-state index contributed by atoms with van der Waals surface area (Å²) >= 11 is 0. The third kappa shape index (κ3) is 2.51. The number of aliphatic hydroxyl groups is 1. The maximum Gasteiger partial charge on any atom is 0.115 e. The molecule has 3 rings (SSSR count). The van der Waals surface area contributed by atoms with Gasteiger partial charge < -0.3 is 5.11 Å². The number of hydrogen-bond acceptors (Lipinski definition) is 4. The molecule has 19 heavy (non-hydrogen) atoms. The third-order valence-corrected chi connectivity index (χ3v) is 4.68. The number of aromatic nitrogens is 2. The van der Waals surface area contributed by atoms with Gasteiger partial charge >= 0.3 is 0 Å². The predicted molar refractivity (Wildman–Crippen MR) is 73.8 cm³/mol. The molecule has 1 aromatic heterocycles. The Labute approximate surface area is 114 Å². The molecule has 104 valence electrons. The van der Waals surface area contributed by atoms with Crippen LogP contribution in [0.25, 0.3) is 0 Å². The van der Waals surface area contributed by atoms with Crippen LogP contribution < -0.4 is 0 Å². The molecule has 3 atom stereocenters. The third-order valence-electron chi connectivity index (χ3n) is 4.68. The van der Waals surface area contributed by atoms with Crippen LogP contribution in [0.15, 0.2) is 12.5 Å². The van der Waals surface area contributed by atoms with Crippen LogP contribution in [-0.2, 0) is 12.8 Å². The fourth-order valence-corrected chi connectivity index (χ4v) is 3.83. The van der Waals surface area contributed by atoms with Crippen molar-refractivity contribution < 1.29 is 5.11 Å². The molecule has 4 heteroatoms. The second-order valence-corrected chi connectivity index (χ2v) is 6.01. The molecule has 1 aromatic rings. The highest BCUT2D eigenvalue weighted by molar-refractivity contribution is 5.23. The van der Waals surface area contributed by atoms with Gasteiger partial charge in [0.2, 0.25) is 0 Å². The zero-order valence-corrected chi connectivity index (χ0v) is 11.6. The van der Waals surface area contributed by atoms with Crippen molar-refractivity contribution in [1.29, 1.82) is 0 Å².